The summed E-state index contributed by atoms with van der Waals surface area (Å²) in [5, 5.41) is 4.87. The van der Waals surface area contributed by atoms with Crippen LogP contribution in [0.2, 0.25) is 0 Å². The molecular formula is C13H15F3N2O. The Bertz CT molecular complexity index is 481. The second-order valence-electron chi connectivity index (χ2n) is 4.85. The summed E-state index contributed by atoms with van der Waals surface area (Å²) in [6, 6.07) is 7.10. The highest BCUT2D eigenvalue weighted by Crippen LogP contribution is 2.48. The molecule has 1 aliphatic carbocycles. The van der Waals surface area contributed by atoms with Crippen molar-refractivity contribution in [2.45, 2.75) is 31.5 Å². The van der Waals surface area contributed by atoms with E-state index in [2.05, 4.69) is 10.6 Å². The van der Waals surface area contributed by atoms with Crippen LogP contribution in [0.25, 0.3) is 0 Å². The maximum Gasteiger partial charge on any atom is 0.406 e. The van der Waals surface area contributed by atoms with E-state index in [1.165, 1.54) is 0 Å². The fourth-order valence-electron chi connectivity index (χ4n) is 1.86. The standard InChI is InChI=1S/C13H15F3N2O/c1-9-3-2-4-10(7-9)18-11(19)8-17-12(5-6-12)13(14,15)16/h2-4,7,17H,5-6,8H2,1H3,(H,18,19). The summed E-state index contributed by atoms with van der Waals surface area (Å²) in [6.07, 6.45) is -4.22. The molecule has 0 heterocycles. The number of alkyl halides is 3. The van der Waals surface area contributed by atoms with E-state index in [1.54, 1.807) is 18.2 Å². The Morgan fingerprint density at radius 2 is 2.05 bits per heavy atom. The highest BCUT2D eigenvalue weighted by atomic mass is 19.4. The lowest BCUT2D eigenvalue weighted by molar-refractivity contribution is -0.165. The first-order valence-electron chi connectivity index (χ1n) is 6.01. The predicted octanol–water partition coefficient (Wildman–Crippen LogP) is 2.62. The van der Waals surface area contributed by atoms with Crippen molar-refractivity contribution in [3.8, 4) is 0 Å². The zero-order valence-electron chi connectivity index (χ0n) is 10.5. The third kappa shape index (κ3) is 3.26. The summed E-state index contributed by atoms with van der Waals surface area (Å²) in [6.45, 7) is 1.53. The molecule has 3 nitrogen and oxygen atoms in total. The maximum atomic E-state index is 12.6. The number of carbonyl (C=O) groups excluding carboxylic acids is 1. The monoisotopic (exact) mass is 272 g/mol. The lowest BCUT2D eigenvalue weighted by Gasteiger charge is -2.20. The molecule has 6 heteroatoms. The summed E-state index contributed by atoms with van der Waals surface area (Å²) in [5.41, 5.74) is -0.292. The fraction of sp³-hybridized carbons (Fsp3) is 0.462. The Hall–Kier alpha value is -1.56. The molecule has 2 N–H and O–H groups in total. The molecule has 1 aromatic rings. The molecule has 0 aromatic heterocycles. The molecule has 0 spiro atoms. The fourth-order valence-corrected chi connectivity index (χ4v) is 1.86. The van der Waals surface area contributed by atoms with Gasteiger partial charge in [0, 0.05) is 5.69 Å². The topological polar surface area (TPSA) is 41.1 Å². The molecule has 0 aliphatic heterocycles. The molecule has 1 aliphatic rings. The van der Waals surface area contributed by atoms with Gasteiger partial charge in [-0.2, -0.15) is 13.2 Å². The molecule has 0 atom stereocenters. The van der Waals surface area contributed by atoms with Gasteiger partial charge in [0.2, 0.25) is 5.91 Å². The first-order valence-corrected chi connectivity index (χ1v) is 6.01. The van der Waals surface area contributed by atoms with Gasteiger partial charge < -0.3 is 5.32 Å². The van der Waals surface area contributed by atoms with Crippen LogP contribution in [0.4, 0.5) is 18.9 Å². The summed E-state index contributed by atoms with van der Waals surface area (Å²) >= 11 is 0. The molecular weight excluding hydrogens is 257 g/mol. The molecule has 0 unspecified atom stereocenters. The Balaban J connectivity index is 1.86. The number of benzene rings is 1. The molecule has 1 fully saturated rings. The van der Waals surface area contributed by atoms with E-state index >= 15 is 0 Å². The van der Waals surface area contributed by atoms with Crippen molar-refractivity contribution >= 4 is 11.6 Å². The molecule has 1 aromatic carbocycles. The number of anilines is 1. The van der Waals surface area contributed by atoms with Gasteiger partial charge in [0.15, 0.2) is 0 Å². The SMILES string of the molecule is Cc1cccc(NC(=O)CNC2(C(F)(F)F)CC2)c1. The quantitative estimate of drug-likeness (QED) is 0.884. The van der Waals surface area contributed by atoms with Crippen molar-refractivity contribution in [2.24, 2.45) is 0 Å². The van der Waals surface area contributed by atoms with Gasteiger partial charge in [-0.05, 0) is 37.5 Å². The van der Waals surface area contributed by atoms with E-state index in [1.807, 2.05) is 13.0 Å². The third-order valence-electron chi connectivity index (χ3n) is 3.18. The molecule has 2 rings (SSSR count). The lowest BCUT2D eigenvalue weighted by atomic mass is 10.2. The number of halogens is 3. The molecule has 1 amide bonds. The third-order valence-corrected chi connectivity index (χ3v) is 3.18. The van der Waals surface area contributed by atoms with Gasteiger partial charge in [0.05, 0.1) is 6.54 Å². The van der Waals surface area contributed by atoms with Crippen LogP contribution in [0.5, 0.6) is 0 Å². The molecule has 104 valence electrons. The van der Waals surface area contributed by atoms with Gasteiger partial charge in [0.1, 0.15) is 5.54 Å². The number of hydrogen-bond donors (Lipinski definition) is 2. The average Bonchev–Trinajstić information content (AvgIpc) is 3.06. The average molecular weight is 272 g/mol. The van der Waals surface area contributed by atoms with Crippen molar-refractivity contribution in [1.82, 2.24) is 5.32 Å². The minimum Gasteiger partial charge on any atom is -0.325 e. The van der Waals surface area contributed by atoms with Crippen LogP contribution >= 0.6 is 0 Å². The highest BCUT2D eigenvalue weighted by molar-refractivity contribution is 5.92. The van der Waals surface area contributed by atoms with E-state index in [4.69, 9.17) is 0 Å². The Labute approximate surface area is 109 Å². The number of carbonyl (C=O) groups is 1. The normalized spacial score (nSPS) is 17.1. The van der Waals surface area contributed by atoms with Crippen LogP contribution in [-0.2, 0) is 4.79 Å². The summed E-state index contributed by atoms with van der Waals surface area (Å²) < 4.78 is 37.9. The van der Waals surface area contributed by atoms with Crippen LogP contribution < -0.4 is 10.6 Å². The number of rotatable bonds is 4. The van der Waals surface area contributed by atoms with Crippen LogP contribution in [0, 0.1) is 6.92 Å². The first kappa shape index (κ1) is 13.9. The zero-order chi connectivity index (χ0) is 14.1. The number of hydrogen-bond acceptors (Lipinski definition) is 2. The number of aryl methyl sites for hydroxylation is 1. The van der Waals surface area contributed by atoms with Crippen molar-refractivity contribution in [1.29, 1.82) is 0 Å². The Kier molecular flexibility index (Phi) is 3.54. The van der Waals surface area contributed by atoms with E-state index in [-0.39, 0.29) is 19.4 Å². The van der Waals surface area contributed by atoms with Crippen molar-refractivity contribution < 1.29 is 18.0 Å². The van der Waals surface area contributed by atoms with Gasteiger partial charge in [-0.1, -0.05) is 12.1 Å². The molecule has 0 saturated heterocycles. The van der Waals surface area contributed by atoms with Crippen LogP contribution in [0.1, 0.15) is 18.4 Å². The summed E-state index contributed by atoms with van der Waals surface area (Å²) in [4.78, 5) is 11.6. The minimum atomic E-state index is -4.30. The van der Waals surface area contributed by atoms with Gasteiger partial charge in [0.25, 0.3) is 0 Å². The second kappa shape index (κ2) is 4.85. The maximum absolute atomic E-state index is 12.6. The van der Waals surface area contributed by atoms with Gasteiger partial charge in [-0.25, -0.2) is 0 Å². The zero-order valence-corrected chi connectivity index (χ0v) is 10.5. The molecule has 0 radical (unpaired) electrons. The molecule has 1 saturated carbocycles. The van der Waals surface area contributed by atoms with Crippen molar-refractivity contribution in [3.63, 3.8) is 0 Å². The van der Waals surface area contributed by atoms with Crippen LogP contribution in [-0.4, -0.2) is 24.2 Å². The predicted molar refractivity (Wildman–Crippen MR) is 65.8 cm³/mol. The first-order chi connectivity index (χ1) is 8.82. The van der Waals surface area contributed by atoms with Crippen molar-refractivity contribution in [3.05, 3.63) is 29.8 Å². The Morgan fingerprint density at radius 3 is 2.58 bits per heavy atom. The van der Waals surface area contributed by atoms with Crippen LogP contribution in [0.15, 0.2) is 24.3 Å². The van der Waals surface area contributed by atoms with E-state index in [9.17, 15) is 18.0 Å². The van der Waals surface area contributed by atoms with E-state index in [0.29, 0.717) is 5.69 Å². The van der Waals surface area contributed by atoms with Gasteiger partial charge in [-0.15, -0.1) is 0 Å². The molecule has 0 bridgehead atoms. The van der Waals surface area contributed by atoms with E-state index < -0.39 is 17.6 Å². The Morgan fingerprint density at radius 1 is 1.37 bits per heavy atom. The van der Waals surface area contributed by atoms with Gasteiger partial charge in [-0.3, -0.25) is 10.1 Å². The van der Waals surface area contributed by atoms with Crippen molar-refractivity contribution in [2.75, 3.05) is 11.9 Å². The summed E-state index contributed by atoms with van der Waals surface area (Å²) in [7, 11) is 0. The lowest BCUT2D eigenvalue weighted by Crippen LogP contribution is -2.47. The largest absolute Gasteiger partial charge is 0.406 e. The minimum absolute atomic E-state index is 0.0359. The van der Waals surface area contributed by atoms with E-state index in [0.717, 1.165) is 5.56 Å². The smallest absolute Gasteiger partial charge is 0.325 e. The second-order valence-corrected chi connectivity index (χ2v) is 4.85. The highest BCUT2D eigenvalue weighted by Gasteiger charge is 2.63. The van der Waals surface area contributed by atoms with Gasteiger partial charge >= 0.3 is 6.18 Å². The number of amides is 1. The summed E-state index contributed by atoms with van der Waals surface area (Å²) in [5.74, 6) is -0.471. The van der Waals surface area contributed by atoms with Crippen LogP contribution in [0.3, 0.4) is 0 Å². The molecule has 19 heavy (non-hydrogen) atoms. The number of nitrogens with one attached hydrogen (secondary N) is 2.